The van der Waals surface area contributed by atoms with Gasteiger partial charge in [0.05, 0.1) is 11.9 Å². The molecule has 0 aliphatic rings. The lowest BCUT2D eigenvalue weighted by Crippen LogP contribution is -2.21. The van der Waals surface area contributed by atoms with E-state index in [1.165, 1.54) is 11.1 Å². The second kappa shape index (κ2) is 6.85. The molecule has 0 atom stereocenters. The third-order valence-electron chi connectivity index (χ3n) is 3.01. The minimum Gasteiger partial charge on any atom is -0.369 e. The number of hydrogen-bond donors (Lipinski definition) is 1. The van der Waals surface area contributed by atoms with E-state index in [0.29, 0.717) is 0 Å². The molecule has 0 aromatic carbocycles. The summed E-state index contributed by atoms with van der Waals surface area (Å²) in [4.78, 5) is 10.6. The van der Waals surface area contributed by atoms with Crippen molar-refractivity contribution in [3.8, 4) is 0 Å². The summed E-state index contributed by atoms with van der Waals surface area (Å²) in [5.41, 5.74) is 3.62. The zero-order valence-corrected chi connectivity index (χ0v) is 11.5. The first kappa shape index (κ1) is 13.5. The molecule has 2 heterocycles. The highest BCUT2D eigenvalue weighted by Crippen LogP contribution is 2.19. The maximum Gasteiger partial charge on any atom is 0.0598 e. The van der Waals surface area contributed by atoms with Crippen LogP contribution in [-0.2, 0) is 13.1 Å². The van der Waals surface area contributed by atoms with Crippen molar-refractivity contribution in [3.05, 3.63) is 54.1 Å². The second-order valence-corrected chi connectivity index (χ2v) is 4.50. The van der Waals surface area contributed by atoms with E-state index in [-0.39, 0.29) is 0 Å². The Balaban J connectivity index is 2.12. The van der Waals surface area contributed by atoms with E-state index in [0.717, 1.165) is 25.3 Å². The molecule has 2 aromatic rings. The average Bonchev–Trinajstić information content (AvgIpc) is 2.46. The molecule has 0 radical (unpaired) electrons. The Morgan fingerprint density at radius 2 is 2.00 bits per heavy atom. The third kappa shape index (κ3) is 3.76. The van der Waals surface area contributed by atoms with Crippen molar-refractivity contribution in [2.75, 3.05) is 18.5 Å². The summed E-state index contributed by atoms with van der Waals surface area (Å²) < 4.78 is 0. The molecule has 2 rings (SSSR count). The quantitative estimate of drug-likeness (QED) is 0.860. The van der Waals surface area contributed by atoms with Gasteiger partial charge >= 0.3 is 0 Å². The van der Waals surface area contributed by atoms with Crippen molar-refractivity contribution in [3.63, 3.8) is 0 Å². The highest BCUT2D eigenvalue weighted by molar-refractivity contribution is 5.51. The molecule has 19 heavy (non-hydrogen) atoms. The number of anilines is 1. The normalized spacial score (nSPS) is 10.4. The monoisotopic (exact) mass is 256 g/mol. The van der Waals surface area contributed by atoms with Crippen LogP contribution in [-0.4, -0.2) is 23.6 Å². The standard InChI is InChI=1S/C15H20N4/c1-3-16-10-14-6-8-18-11-15(14)19(2)12-13-5-4-7-17-9-13/h4-9,11,16H,3,10,12H2,1-2H3. The first-order valence-electron chi connectivity index (χ1n) is 6.55. The lowest BCUT2D eigenvalue weighted by Gasteiger charge is -2.22. The van der Waals surface area contributed by atoms with Crippen LogP contribution < -0.4 is 10.2 Å². The summed E-state index contributed by atoms with van der Waals surface area (Å²) in [5.74, 6) is 0. The van der Waals surface area contributed by atoms with E-state index in [9.17, 15) is 0 Å². The molecular weight excluding hydrogens is 236 g/mol. The number of rotatable bonds is 6. The highest BCUT2D eigenvalue weighted by atomic mass is 15.1. The Labute approximate surface area is 114 Å². The smallest absolute Gasteiger partial charge is 0.0598 e. The third-order valence-corrected chi connectivity index (χ3v) is 3.01. The number of nitrogens with one attached hydrogen (secondary N) is 1. The Hall–Kier alpha value is -1.94. The van der Waals surface area contributed by atoms with Crippen molar-refractivity contribution < 1.29 is 0 Å². The molecule has 0 saturated heterocycles. The van der Waals surface area contributed by atoms with Crippen LogP contribution in [0, 0.1) is 0 Å². The predicted molar refractivity (Wildman–Crippen MR) is 78.0 cm³/mol. The SMILES string of the molecule is CCNCc1ccncc1N(C)Cc1cccnc1. The molecule has 4 heteroatoms. The fourth-order valence-electron chi connectivity index (χ4n) is 2.02. The van der Waals surface area contributed by atoms with E-state index in [1.54, 1.807) is 6.20 Å². The number of aromatic nitrogens is 2. The van der Waals surface area contributed by atoms with E-state index >= 15 is 0 Å². The zero-order chi connectivity index (χ0) is 13.5. The molecule has 0 spiro atoms. The van der Waals surface area contributed by atoms with Gasteiger partial charge in [0.1, 0.15) is 0 Å². The van der Waals surface area contributed by atoms with Crippen LogP contribution in [0.3, 0.4) is 0 Å². The summed E-state index contributed by atoms with van der Waals surface area (Å²) >= 11 is 0. The van der Waals surface area contributed by atoms with Crippen LogP contribution in [0.25, 0.3) is 0 Å². The summed E-state index contributed by atoms with van der Waals surface area (Å²) in [7, 11) is 2.08. The Morgan fingerprint density at radius 3 is 2.74 bits per heavy atom. The lowest BCUT2D eigenvalue weighted by atomic mass is 10.2. The second-order valence-electron chi connectivity index (χ2n) is 4.50. The van der Waals surface area contributed by atoms with Crippen molar-refractivity contribution in [2.45, 2.75) is 20.0 Å². The maximum atomic E-state index is 4.23. The van der Waals surface area contributed by atoms with Crippen LogP contribution in [0.1, 0.15) is 18.1 Å². The van der Waals surface area contributed by atoms with Gasteiger partial charge in [-0.25, -0.2) is 0 Å². The van der Waals surface area contributed by atoms with E-state index < -0.39 is 0 Å². The maximum absolute atomic E-state index is 4.23. The molecule has 1 N–H and O–H groups in total. The summed E-state index contributed by atoms with van der Waals surface area (Å²) in [5, 5.41) is 3.36. The van der Waals surface area contributed by atoms with E-state index in [1.807, 2.05) is 24.7 Å². The van der Waals surface area contributed by atoms with E-state index in [2.05, 4.69) is 46.3 Å². The highest BCUT2D eigenvalue weighted by Gasteiger charge is 2.07. The van der Waals surface area contributed by atoms with Gasteiger partial charge in [-0.2, -0.15) is 0 Å². The molecule has 0 unspecified atom stereocenters. The average molecular weight is 256 g/mol. The van der Waals surface area contributed by atoms with Crippen molar-refractivity contribution >= 4 is 5.69 Å². The predicted octanol–water partition coefficient (Wildman–Crippen LogP) is 2.22. The molecule has 0 fully saturated rings. The van der Waals surface area contributed by atoms with Gasteiger partial charge in [0.25, 0.3) is 0 Å². The summed E-state index contributed by atoms with van der Waals surface area (Å²) in [6.45, 7) is 4.78. The summed E-state index contributed by atoms with van der Waals surface area (Å²) in [6.07, 6.45) is 7.46. The van der Waals surface area contributed by atoms with Gasteiger partial charge in [0, 0.05) is 38.7 Å². The molecule has 2 aromatic heterocycles. The molecule has 0 amide bonds. The van der Waals surface area contributed by atoms with Crippen LogP contribution in [0.4, 0.5) is 5.69 Å². The fraction of sp³-hybridized carbons (Fsp3) is 0.333. The van der Waals surface area contributed by atoms with Gasteiger partial charge in [0.2, 0.25) is 0 Å². The lowest BCUT2D eigenvalue weighted by molar-refractivity contribution is 0.722. The molecule has 100 valence electrons. The van der Waals surface area contributed by atoms with Crippen LogP contribution in [0.15, 0.2) is 43.0 Å². The molecule has 4 nitrogen and oxygen atoms in total. The van der Waals surface area contributed by atoms with Crippen LogP contribution in [0.5, 0.6) is 0 Å². The molecule has 0 aliphatic heterocycles. The first-order valence-corrected chi connectivity index (χ1v) is 6.55. The fourth-order valence-corrected chi connectivity index (χ4v) is 2.02. The minimum absolute atomic E-state index is 0.832. The largest absolute Gasteiger partial charge is 0.369 e. The van der Waals surface area contributed by atoms with Crippen molar-refractivity contribution in [1.29, 1.82) is 0 Å². The first-order chi connectivity index (χ1) is 9.31. The molecule has 0 saturated carbocycles. The van der Waals surface area contributed by atoms with Crippen LogP contribution >= 0.6 is 0 Å². The van der Waals surface area contributed by atoms with Gasteiger partial charge in [-0.1, -0.05) is 13.0 Å². The Kier molecular flexibility index (Phi) is 4.86. The van der Waals surface area contributed by atoms with Crippen molar-refractivity contribution in [1.82, 2.24) is 15.3 Å². The van der Waals surface area contributed by atoms with Gasteiger partial charge < -0.3 is 10.2 Å². The Bertz CT molecular complexity index is 499. The van der Waals surface area contributed by atoms with Crippen LogP contribution in [0.2, 0.25) is 0 Å². The van der Waals surface area contributed by atoms with Gasteiger partial charge in [-0.05, 0) is 29.8 Å². The van der Waals surface area contributed by atoms with Gasteiger partial charge in [0.15, 0.2) is 0 Å². The summed E-state index contributed by atoms with van der Waals surface area (Å²) in [6, 6.07) is 6.12. The van der Waals surface area contributed by atoms with Gasteiger partial charge in [-0.15, -0.1) is 0 Å². The molecule has 0 bridgehead atoms. The zero-order valence-electron chi connectivity index (χ0n) is 11.5. The molecular formula is C15H20N4. The number of pyridine rings is 2. The van der Waals surface area contributed by atoms with Crippen molar-refractivity contribution in [2.24, 2.45) is 0 Å². The minimum atomic E-state index is 0.832. The van der Waals surface area contributed by atoms with E-state index in [4.69, 9.17) is 0 Å². The Morgan fingerprint density at radius 1 is 1.16 bits per heavy atom. The molecule has 0 aliphatic carbocycles. The van der Waals surface area contributed by atoms with Gasteiger partial charge in [-0.3, -0.25) is 9.97 Å². The topological polar surface area (TPSA) is 41.1 Å². The number of nitrogens with zero attached hydrogens (tertiary/aromatic N) is 3. The number of hydrogen-bond acceptors (Lipinski definition) is 4.